The molecule has 0 unspecified atom stereocenters. The first-order valence-electron chi connectivity index (χ1n) is 6.19. The first-order chi connectivity index (χ1) is 8.29. The summed E-state index contributed by atoms with van der Waals surface area (Å²) in [5.74, 6) is 0.555. The Morgan fingerprint density at radius 1 is 1.35 bits per heavy atom. The van der Waals surface area contributed by atoms with E-state index in [1.165, 1.54) is 5.56 Å². The molecule has 0 bridgehead atoms. The summed E-state index contributed by atoms with van der Waals surface area (Å²) in [6.07, 6.45) is 3.35. The lowest BCUT2D eigenvalue weighted by atomic mass is 9.93. The molecule has 0 aromatic heterocycles. The van der Waals surface area contributed by atoms with Crippen molar-refractivity contribution in [2.45, 2.75) is 19.4 Å². The van der Waals surface area contributed by atoms with Gasteiger partial charge in [0.2, 0.25) is 0 Å². The number of hydrogen-bond donors (Lipinski definition) is 0. The van der Waals surface area contributed by atoms with Gasteiger partial charge in [-0.05, 0) is 12.0 Å². The first-order valence-corrected chi connectivity index (χ1v) is 6.19. The molecule has 0 amide bonds. The van der Waals surface area contributed by atoms with Gasteiger partial charge < -0.3 is 0 Å². The smallest absolute Gasteiger partial charge is 0.138 e. The molecule has 90 valence electrons. The Hall–Kier alpha value is -1.41. The molecule has 1 atom stereocenters. The average Bonchev–Trinajstić information content (AvgIpc) is 2.35. The van der Waals surface area contributed by atoms with Crippen molar-refractivity contribution < 1.29 is 4.79 Å². The van der Waals surface area contributed by atoms with Gasteiger partial charge in [-0.3, -0.25) is 9.69 Å². The second-order valence-corrected chi connectivity index (χ2v) is 4.66. The van der Waals surface area contributed by atoms with Crippen LogP contribution in [-0.2, 0) is 11.3 Å². The molecule has 2 heteroatoms. The van der Waals surface area contributed by atoms with Crippen molar-refractivity contribution in [2.75, 3.05) is 13.1 Å². The van der Waals surface area contributed by atoms with Crippen molar-refractivity contribution in [3.05, 3.63) is 48.6 Å². The summed E-state index contributed by atoms with van der Waals surface area (Å²) in [6.45, 7) is 6.44. The third-order valence-electron chi connectivity index (χ3n) is 3.31. The van der Waals surface area contributed by atoms with Crippen LogP contribution in [0.2, 0.25) is 0 Å². The molecule has 1 aliphatic rings. The number of nitrogens with zero attached hydrogens (tertiary/aromatic N) is 1. The van der Waals surface area contributed by atoms with Gasteiger partial charge in [0.05, 0.1) is 0 Å². The Morgan fingerprint density at radius 3 is 2.82 bits per heavy atom. The summed E-state index contributed by atoms with van der Waals surface area (Å²) in [5.41, 5.74) is 1.32. The van der Waals surface area contributed by atoms with E-state index in [-0.39, 0.29) is 5.92 Å². The number of likely N-dealkylation sites (tertiary alicyclic amines) is 1. The zero-order valence-corrected chi connectivity index (χ0v) is 10.1. The lowest BCUT2D eigenvalue weighted by Crippen LogP contribution is -2.40. The predicted octanol–water partition coefficient (Wildman–Crippen LogP) is 2.65. The number of piperidine rings is 1. The maximum atomic E-state index is 11.7. The van der Waals surface area contributed by atoms with E-state index in [0.29, 0.717) is 12.2 Å². The van der Waals surface area contributed by atoms with Crippen LogP contribution in [0, 0.1) is 5.92 Å². The molecule has 0 spiro atoms. The molecule has 0 aliphatic carbocycles. The van der Waals surface area contributed by atoms with E-state index in [0.717, 1.165) is 26.1 Å². The van der Waals surface area contributed by atoms with E-state index < -0.39 is 0 Å². The molecular weight excluding hydrogens is 210 g/mol. The zero-order chi connectivity index (χ0) is 12.1. The Balaban J connectivity index is 1.94. The summed E-state index contributed by atoms with van der Waals surface area (Å²) in [4.78, 5) is 14.1. The molecular formula is C15H19NO. The molecule has 1 saturated heterocycles. The fourth-order valence-electron chi connectivity index (χ4n) is 2.37. The number of Topliss-reactive ketones (excluding diaryl/α,β-unsaturated/α-hetero) is 1. The normalized spacial score (nSPS) is 21.4. The SMILES string of the molecule is C=CC[C@@H]1CN(Cc2ccccc2)CCC1=O. The standard InChI is InChI=1S/C15H19NO/c1-2-6-14-12-16(10-9-15(14)17)11-13-7-4-3-5-8-13/h2-5,7-8,14H,1,6,9-12H2/t14-/m1/s1. The highest BCUT2D eigenvalue weighted by Gasteiger charge is 2.25. The molecule has 1 aromatic carbocycles. The van der Waals surface area contributed by atoms with Crippen molar-refractivity contribution in [3.63, 3.8) is 0 Å². The van der Waals surface area contributed by atoms with Crippen molar-refractivity contribution in [2.24, 2.45) is 5.92 Å². The summed E-state index contributed by atoms with van der Waals surface area (Å²) in [5, 5.41) is 0. The summed E-state index contributed by atoms with van der Waals surface area (Å²) < 4.78 is 0. The number of ketones is 1. The third kappa shape index (κ3) is 3.27. The van der Waals surface area contributed by atoms with Gasteiger partial charge in [0.25, 0.3) is 0 Å². The van der Waals surface area contributed by atoms with Crippen molar-refractivity contribution in [1.82, 2.24) is 4.90 Å². The highest BCUT2D eigenvalue weighted by Crippen LogP contribution is 2.18. The van der Waals surface area contributed by atoms with Gasteiger partial charge in [-0.15, -0.1) is 6.58 Å². The molecule has 0 saturated carbocycles. The van der Waals surface area contributed by atoms with Crippen molar-refractivity contribution in [3.8, 4) is 0 Å². The van der Waals surface area contributed by atoms with Gasteiger partial charge in [-0.1, -0.05) is 36.4 Å². The topological polar surface area (TPSA) is 20.3 Å². The Morgan fingerprint density at radius 2 is 2.12 bits per heavy atom. The monoisotopic (exact) mass is 229 g/mol. The van der Waals surface area contributed by atoms with Crippen LogP contribution >= 0.6 is 0 Å². The Labute approximate surface area is 103 Å². The van der Waals surface area contributed by atoms with Crippen LogP contribution in [-0.4, -0.2) is 23.8 Å². The lowest BCUT2D eigenvalue weighted by Gasteiger charge is -2.31. The number of carbonyl (C=O) groups excluding carboxylic acids is 1. The van der Waals surface area contributed by atoms with Crippen molar-refractivity contribution >= 4 is 5.78 Å². The Kier molecular flexibility index (Phi) is 4.10. The van der Waals surface area contributed by atoms with E-state index >= 15 is 0 Å². The molecule has 17 heavy (non-hydrogen) atoms. The van der Waals surface area contributed by atoms with Gasteiger partial charge >= 0.3 is 0 Å². The molecule has 0 N–H and O–H groups in total. The fourth-order valence-corrected chi connectivity index (χ4v) is 2.37. The molecule has 1 aromatic rings. The van der Waals surface area contributed by atoms with Crippen molar-refractivity contribution in [1.29, 1.82) is 0 Å². The van der Waals surface area contributed by atoms with Crippen LogP contribution in [0.3, 0.4) is 0 Å². The van der Waals surface area contributed by atoms with E-state index in [2.05, 4.69) is 35.7 Å². The highest BCUT2D eigenvalue weighted by molar-refractivity contribution is 5.82. The molecule has 2 rings (SSSR count). The predicted molar refractivity (Wildman–Crippen MR) is 69.6 cm³/mol. The molecule has 2 nitrogen and oxygen atoms in total. The maximum absolute atomic E-state index is 11.7. The molecule has 1 aliphatic heterocycles. The highest BCUT2D eigenvalue weighted by atomic mass is 16.1. The lowest BCUT2D eigenvalue weighted by molar-refractivity contribution is -0.126. The minimum absolute atomic E-state index is 0.157. The fraction of sp³-hybridized carbons (Fsp3) is 0.400. The van der Waals surface area contributed by atoms with Gasteiger partial charge in [0.1, 0.15) is 5.78 Å². The van der Waals surface area contributed by atoms with Gasteiger partial charge in [-0.25, -0.2) is 0 Å². The van der Waals surface area contributed by atoms with Gasteiger partial charge in [0.15, 0.2) is 0 Å². The Bertz CT molecular complexity index is 385. The number of allylic oxidation sites excluding steroid dienone is 1. The third-order valence-corrected chi connectivity index (χ3v) is 3.31. The van der Waals surface area contributed by atoms with Crippen LogP contribution in [0.4, 0.5) is 0 Å². The van der Waals surface area contributed by atoms with Crippen LogP contribution in [0.15, 0.2) is 43.0 Å². The largest absolute Gasteiger partial charge is 0.299 e. The van der Waals surface area contributed by atoms with Crippen LogP contribution < -0.4 is 0 Å². The average molecular weight is 229 g/mol. The molecule has 0 radical (unpaired) electrons. The van der Waals surface area contributed by atoms with Gasteiger partial charge in [-0.2, -0.15) is 0 Å². The van der Waals surface area contributed by atoms with E-state index in [9.17, 15) is 4.79 Å². The summed E-state index contributed by atoms with van der Waals surface area (Å²) in [7, 11) is 0. The second-order valence-electron chi connectivity index (χ2n) is 4.66. The zero-order valence-electron chi connectivity index (χ0n) is 10.1. The van der Waals surface area contributed by atoms with E-state index in [1.54, 1.807) is 0 Å². The minimum atomic E-state index is 0.157. The summed E-state index contributed by atoms with van der Waals surface area (Å²) in [6, 6.07) is 10.4. The number of benzene rings is 1. The van der Waals surface area contributed by atoms with Crippen LogP contribution in [0.25, 0.3) is 0 Å². The quantitative estimate of drug-likeness (QED) is 0.740. The second kappa shape index (κ2) is 5.78. The summed E-state index contributed by atoms with van der Waals surface area (Å²) >= 11 is 0. The molecule has 1 fully saturated rings. The van der Waals surface area contributed by atoms with Crippen LogP contribution in [0.5, 0.6) is 0 Å². The molecule has 1 heterocycles. The number of rotatable bonds is 4. The van der Waals surface area contributed by atoms with Crippen LogP contribution in [0.1, 0.15) is 18.4 Å². The van der Waals surface area contributed by atoms with E-state index in [4.69, 9.17) is 0 Å². The number of hydrogen-bond acceptors (Lipinski definition) is 2. The van der Waals surface area contributed by atoms with Gasteiger partial charge in [0, 0.05) is 32.0 Å². The minimum Gasteiger partial charge on any atom is -0.299 e. The van der Waals surface area contributed by atoms with E-state index in [1.807, 2.05) is 12.1 Å². The first kappa shape index (κ1) is 12.1. The number of carbonyl (C=O) groups is 1. The maximum Gasteiger partial charge on any atom is 0.138 e.